The lowest BCUT2D eigenvalue weighted by Gasteiger charge is -2.10. The van der Waals surface area contributed by atoms with Crippen LogP contribution in [0.5, 0.6) is 5.75 Å². The summed E-state index contributed by atoms with van der Waals surface area (Å²) in [6.45, 7) is 2.44. The maximum atomic E-state index is 12.5. The number of hydrogen-bond acceptors (Lipinski definition) is 3. The second-order valence-electron chi connectivity index (χ2n) is 7.53. The van der Waals surface area contributed by atoms with Crippen molar-refractivity contribution in [1.29, 1.82) is 0 Å². The van der Waals surface area contributed by atoms with E-state index in [1.165, 1.54) is 6.92 Å². The van der Waals surface area contributed by atoms with Gasteiger partial charge in [0.2, 0.25) is 5.91 Å². The average molecular weight is 428 g/mol. The van der Waals surface area contributed by atoms with Gasteiger partial charge in [0, 0.05) is 41.8 Å². The van der Waals surface area contributed by atoms with Gasteiger partial charge in [-0.25, -0.2) is 0 Å². The fraction of sp³-hybridized carbons (Fsp3) is 0.154. The monoisotopic (exact) mass is 427 g/mol. The topological polar surface area (TPSA) is 83.2 Å². The van der Waals surface area contributed by atoms with Crippen LogP contribution in [0.1, 0.15) is 28.4 Å². The number of benzene rings is 3. The Labute approximate surface area is 186 Å². The molecule has 0 aliphatic rings. The summed E-state index contributed by atoms with van der Waals surface area (Å²) in [5.74, 6) is 0.523. The van der Waals surface area contributed by atoms with E-state index in [1.54, 1.807) is 24.3 Å². The normalized spacial score (nSPS) is 10.7. The number of ether oxygens (including phenoxy) is 1. The highest BCUT2D eigenvalue weighted by Gasteiger charge is 2.11. The van der Waals surface area contributed by atoms with E-state index in [2.05, 4.69) is 15.6 Å². The van der Waals surface area contributed by atoms with Crippen molar-refractivity contribution < 1.29 is 14.3 Å². The molecule has 3 aromatic carbocycles. The third-order valence-electron chi connectivity index (χ3n) is 5.13. The molecule has 0 saturated carbocycles. The van der Waals surface area contributed by atoms with Gasteiger partial charge in [0.1, 0.15) is 12.4 Å². The Hall–Kier alpha value is -4.06. The maximum absolute atomic E-state index is 12.5. The molecule has 4 aromatic rings. The molecule has 0 saturated heterocycles. The van der Waals surface area contributed by atoms with Gasteiger partial charge in [-0.1, -0.05) is 36.4 Å². The summed E-state index contributed by atoms with van der Waals surface area (Å²) in [5.41, 5.74) is 4.41. The van der Waals surface area contributed by atoms with E-state index in [0.717, 1.165) is 27.8 Å². The Balaban J connectivity index is 1.39. The molecule has 6 nitrogen and oxygen atoms in total. The molecule has 3 N–H and O–H groups in total. The van der Waals surface area contributed by atoms with E-state index >= 15 is 0 Å². The lowest BCUT2D eigenvalue weighted by atomic mass is 10.1. The number of carbonyl (C=O) groups is 2. The summed E-state index contributed by atoms with van der Waals surface area (Å²) in [4.78, 5) is 26.9. The van der Waals surface area contributed by atoms with Crippen LogP contribution >= 0.6 is 0 Å². The molecule has 1 heterocycles. The van der Waals surface area contributed by atoms with Gasteiger partial charge in [-0.05, 0) is 53.9 Å². The highest BCUT2D eigenvalue weighted by molar-refractivity contribution is 5.95. The second-order valence-corrected chi connectivity index (χ2v) is 7.53. The van der Waals surface area contributed by atoms with Crippen LogP contribution in [0.4, 0.5) is 5.69 Å². The third-order valence-corrected chi connectivity index (χ3v) is 5.13. The number of hydrogen-bond donors (Lipinski definition) is 3. The van der Waals surface area contributed by atoms with Crippen LogP contribution in [0.25, 0.3) is 10.9 Å². The quantitative estimate of drug-likeness (QED) is 0.382. The Bertz CT molecular complexity index is 1210. The predicted molar refractivity (Wildman–Crippen MR) is 126 cm³/mol. The minimum atomic E-state index is -0.153. The summed E-state index contributed by atoms with van der Waals surface area (Å²) in [5, 5.41) is 6.69. The standard InChI is InChI=1S/C26H25N3O3/c1-18(30)29-22-12-10-20(11-13-22)26(31)27-15-14-21-16-28-23-8-5-9-24(25(21)23)32-17-19-6-3-2-4-7-19/h2-13,16,28H,14-15,17H2,1H3,(H,27,31)(H,29,30). The minimum Gasteiger partial charge on any atom is -0.488 e. The fourth-order valence-corrected chi connectivity index (χ4v) is 3.59. The zero-order chi connectivity index (χ0) is 22.3. The first-order chi connectivity index (χ1) is 15.6. The number of amides is 2. The molecule has 1 aromatic heterocycles. The molecule has 0 fully saturated rings. The van der Waals surface area contributed by atoms with Gasteiger partial charge in [-0.3, -0.25) is 9.59 Å². The van der Waals surface area contributed by atoms with Crippen molar-refractivity contribution in [3.05, 3.63) is 95.7 Å². The molecule has 0 radical (unpaired) electrons. The zero-order valence-corrected chi connectivity index (χ0v) is 17.9. The van der Waals surface area contributed by atoms with Crippen molar-refractivity contribution in [3.63, 3.8) is 0 Å². The number of aromatic nitrogens is 1. The van der Waals surface area contributed by atoms with Crippen molar-refractivity contribution in [1.82, 2.24) is 10.3 Å². The minimum absolute atomic E-state index is 0.145. The van der Waals surface area contributed by atoms with Crippen LogP contribution in [-0.4, -0.2) is 23.3 Å². The summed E-state index contributed by atoms with van der Waals surface area (Å²) >= 11 is 0. The van der Waals surface area contributed by atoms with Gasteiger partial charge in [-0.2, -0.15) is 0 Å². The molecular formula is C26H25N3O3. The van der Waals surface area contributed by atoms with Gasteiger partial charge < -0.3 is 20.4 Å². The van der Waals surface area contributed by atoms with Gasteiger partial charge in [-0.15, -0.1) is 0 Å². The molecule has 32 heavy (non-hydrogen) atoms. The lowest BCUT2D eigenvalue weighted by Crippen LogP contribution is -2.25. The number of anilines is 1. The first kappa shape index (κ1) is 21.2. The summed E-state index contributed by atoms with van der Waals surface area (Å²) in [6, 6.07) is 22.8. The van der Waals surface area contributed by atoms with Gasteiger partial charge in [0.05, 0.1) is 0 Å². The van der Waals surface area contributed by atoms with Crippen LogP contribution in [-0.2, 0) is 17.8 Å². The molecule has 162 valence electrons. The molecule has 0 aliphatic heterocycles. The Kier molecular flexibility index (Phi) is 6.51. The molecular weight excluding hydrogens is 402 g/mol. The van der Waals surface area contributed by atoms with Crippen molar-refractivity contribution in [2.24, 2.45) is 0 Å². The lowest BCUT2D eigenvalue weighted by molar-refractivity contribution is -0.114. The average Bonchev–Trinajstić information content (AvgIpc) is 3.22. The second kappa shape index (κ2) is 9.83. The number of nitrogens with one attached hydrogen (secondary N) is 3. The van der Waals surface area contributed by atoms with E-state index in [4.69, 9.17) is 4.74 Å². The molecule has 0 spiro atoms. The van der Waals surface area contributed by atoms with Gasteiger partial charge in [0.25, 0.3) is 5.91 Å². The van der Waals surface area contributed by atoms with Crippen molar-refractivity contribution in [2.45, 2.75) is 20.0 Å². The SMILES string of the molecule is CC(=O)Nc1ccc(C(=O)NCCc2c[nH]c3cccc(OCc4ccccc4)c23)cc1. The molecule has 0 bridgehead atoms. The van der Waals surface area contributed by atoms with E-state index in [-0.39, 0.29) is 11.8 Å². The largest absolute Gasteiger partial charge is 0.488 e. The molecule has 2 amide bonds. The molecule has 4 rings (SSSR count). The summed E-state index contributed by atoms with van der Waals surface area (Å²) in [6.07, 6.45) is 2.63. The predicted octanol–water partition coefficient (Wildman–Crippen LogP) is 4.68. The zero-order valence-electron chi connectivity index (χ0n) is 17.9. The summed E-state index contributed by atoms with van der Waals surface area (Å²) < 4.78 is 6.10. The Morgan fingerprint density at radius 3 is 2.47 bits per heavy atom. The van der Waals surface area contributed by atoms with Crippen LogP contribution < -0.4 is 15.4 Å². The smallest absolute Gasteiger partial charge is 0.251 e. The molecule has 0 unspecified atom stereocenters. The first-order valence-electron chi connectivity index (χ1n) is 10.5. The Morgan fingerprint density at radius 2 is 1.72 bits per heavy atom. The third kappa shape index (κ3) is 5.16. The van der Waals surface area contributed by atoms with Crippen LogP contribution in [0, 0.1) is 0 Å². The maximum Gasteiger partial charge on any atom is 0.251 e. The van der Waals surface area contributed by atoms with Crippen molar-refractivity contribution >= 4 is 28.4 Å². The van der Waals surface area contributed by atoms with Crippen LogP contribution in [0.2, 0.25) is 0 Å². The molecule has 0 atom stereocenters. The number of rotatable bonds is 8. The molecule has 0 aliphatic carbocycles. The number of H-pyrrole nitrogens is 1. The number of carbonyl (C=O) groups excluding carboxylic acids is 2. The fourth-order valence-electron chi connectivity index (χ4n) is 3.59. The van der Waals surface area contributed by atoms with E-state index < -0.39 is 0 Å². The first-order valence-corrected chi connectivity index (χ1v) is 10.5. The van der Waals surface area contributed by atoms with E-state index in [0.29, 0.717) is 30.8 Å². The van der Waals surface area contributed by atoms with E-state index in [1.807, 2.05) is 54.7 Å². The van der Waals surface area contributed by atoms with Crippen LogP contribution in [0.3, 0.4) is 0 Å². The van der Waals surface area contributed by atoms with Gasteiger partial charge >= 0.3 is 0 Å². The number of fused-ring (bicyclic) bond motifs is 1. The van der Waals surface area contributed by atoms with Crippen LogP contribution in [0.15, 0.2) is 79.0 Å². The highest BCUT2D eigenvalue weighted by atomic mass is 16.5. The Morgan fingerprint density at radius 1 is 0.938 bits per heavy atom. The number of aromatic amines is 1. The summed E-state index contributed by atoms with van der Waals surface area (Å²) in [7, 11) is 0. The van der Waals surface area contributed by atoms with E-state index in [9.17, 15) is 9.59 Å². The molecule has 6 heteroatoms. The van der Waals surface area contributed by atoms with Crippen molar-refractivity contribution in [3.8, 4) is 5.75 Å². The van der Waals surface area contributed by atoms with Crippen molar-refractivity contribution in [2.75, 3.05) is 11.9 Å². The van der Waals surface area contributed by atoms with Gasteiger partial charge in [0.15, 0.2) is 0 Å². The highest BCUT2D eigenvalue weighted by Crippen LogP contribution is 2.29.